The van der Waals surface area contributed by atoms with Crippen molar-refractivity contribution >= 4 is 5.82 Å². The van der Waals surface area contributed by atoms with Gasteiger partial charge in [0.1, 0.15) is 5.82 Å². The number of nitrogens with zero attached hydrogens (tertiary/aromatic N) is 2. The van der Waals surface area contributed by atoms with Gasteiger partial charge in [0.15, 0.2) is 0 Å². The summed E-state index contributed by atoms with van der Waals surface area (Å²) in [5.74, 6) is 0.708. The van der Waals surface area contributed by atoms with Crippen molar-refractivity contribution in [1.82, 2.24) is 4.98 Å². The number of aromatic nitrogens is 1. The van der Waals surface area contributed by atoms with Gasteiger partial charge in [0, 0.05) is 25.4 Å². The van der Waals surface area contributed by atoms with E-state index in [0.29, 0.717) is 12.4 Å². The molecule has 0 bridgehead atoms. The fourth-order valence-corrected chi connectivity index (χ4v) is 1.71. The second-order valence-electron chi connectivity index (χ2n) is 4.76. The maximum Gasteiger partial charge on any atom is 0.134 e. The highest BCUT2D eigenvalue weighted by Gasteiger charge is 2.19. The van der Waals surface area contributed by atoms with Gasteiger partial charge in [0.2, 0.25) is 0 Å². The molecular weight excluding hydrogens is 204 g/mol. The summed E-state index contributed by atoms with van der Waals surface area (Å²) in [6, 6.07) is 3.64. The predicted octanol–water partition coefficient (Wildman–Crippen LogP) is 1.34. The van der Waals surface area contributed by atoms with Crippen LogP contribution >= 0.6 is 0 Å². The number of hydrogen-bond donors (Lipinski definition) is 2. The number of rotatable bonds is 4. The molecule has 4 nitrogen and oxygen atoms in total. The van der Waals surface area contributed by atoms with Crippen LogP contribution in [0.4, 0.5) is 5.82 Å². The minimum Gasteiger partial charge on any atom is -0.389 e. The van der Waals surface area contributed by atoms with Crippen LogP contribution in [0.2, 0.25) is 0 Å². The van der Waals surface area contributed by atoms with E-state index in [9.17, 15) is 10.2 Å². The molecule has 1 rings (SSSR count). The number of likely N-dealkylation sites (N-methyl/N-ethyl adjacent to an activating group) is 1. The normalized spacial score (nSPS) is 13.6. The van der Waals surface area contributed by atoms with E-state index < -0.39 is 11.7 Å². The molecule has 4 heteroatoms. The first-order chi connectivity index (χ1) is 7.31. The summed E-state index contributed by atoms with van der Waals surface area (Å²) in [5, 5.41) is 19.4. The molecule has 1 atom stereocenters. The van der Waals surface area contributed by atoms with E-state index in [2.05, 4.69) is 4.98 Å². The van der Waals surface area contributed by atoms with Gasteiger partial charge < -0.3 is 15.1 Å². The van der Waals surface area contributed by atoms with Crippen molar-refractivity contribution in [3.63, 3.8) is 0 Å². The van der Waals surface area contributed by atoms with E-state index in [4.69, 9.17) is 0 Å². The average molecular weight is 224 g/mol. The summed E-state index contributed by atoms with van der Waals surface area (Å²) in [7, 11) is 1.85. The summed E-state index contributed by atoms with van der Waals surface area (Å²) >= 11 is 0. The molecule has 0 aliphatic heterocycles. The summed E-state index contributed by atoms with van der Waals surface area (Å²) < 4.78 is 0. The number of aliphatic hydroxyl groups is 2. The molecular formula is C12H20N2O2. The molecule has 0 amide bonds. The Balaban J connectivity index is 2.95. The monoisotopic (exact) mass is 224 g/mol. The highest BCUT2D eigenvalue weighted by molar-refractivity contribution is 5.47. The van der Waals surface area contributed by atoms with Crippen LogP contribution in [0.25, 0.3) is 0 Å². The summed E-state index contributed by atoms with van der Waals surface area (Å²) in [5.41, 5.74) is -0.0170. The second-order valence-corrected chi connectivity index (χ2v) is 4.76. The Bertz CT molecular complexity index is 345. The van der Waals surface area contributed by atoms with Gasteiger partial charge in [-0.3, -0.25) is 0 Å². The van der Waals surface area contributed by atoms with Crippen LogP contribution in [-0.4, -0.2) is 34.4 Å². The molecule has 0 saturated carbocycles. The van der Waals surface area contributed by atoms with Gasteiger partial charge in [-0.25, -0.2) is 4.98 Å². The van der Waals surface area contributed by atoms with Crippen molar-refractivity contribution in [2.45, 2.75) is 32.5 Å². The maximum atomic E-state index is 9.75. The molecule has 1 aromatic heterocycles. The Morgan fingerprint density at radius 3 is 2.62 bits per heavy atom. The van der Waals surface area contributed by atoms with Gasteiger partial charge in [0.05, 0.1) is 11.7 Å². The van der Waals surface area contributed by atoms with Gasteiger partial charge in [-0.2, -0.15) is 0 Å². The maximum absolute atomic E-state index is 9.75. The Kier molecular flexibility index (Phi) is 3.88. The molecule has 0 fully saturated rings. The van der Waals surface area contributed by atoms with Crippen molar-refractivity contribution < 1.29 is 10.2 Å². The van der Waals surface area contributed by atoms with Gasteiger partial charge in [0.25, 0.3) is 0 Å². The lowest BCUT2D eigenvalue weighted by Crippen LogP contribution is -2.37. The highest BCUT2D eigenvalue weighted by atomic mass is 16.3. The molecule has 2 N–H and O–H groups in total. The minimum absolute atomic E-state index is 0.462. The third-order valence-corrected chi connectivity index (χ3v) is 2.25. The lowest BCUT2D eigenvalue weighted by atomic mass is 10.1. The van der Waals surface area contributed by atoms with Crippen LogP contribution in [0.1, 0.15) is 32.4 Å². The van der Waals surface area contributed by atoms with E-state index in [0.717, 1.165) is 5.56 Å². The molecule has 1 unspecified atom stereocenters. The Hall–Kier alpha value is -1.13. The van der Waals surface area contributed by atoms with E-state index in [1.165, 1.54) is 0 Å². The Morgan fingerprint density at radius 1 is 1.50 bits per heavy atom. The van der Waals surface area contributed by atoms with Crippen LogP contribution < -0.4 is 4.90 Å². The zero-order valence-electron chi connectivity index (χ0n) is 10.3. The zero-order chi connectivity index (χ0) is 12.3. The standard InChI is InChI=1S/C12H20N2O2/c1-9(15)10-6-5-7-13-11(10)14(4)8-12(2,3)16/h5-7,9,15-16H,8H2,1-4H3. The predicted molar refractivity (Wildman–Crippen MR) is 64.4 cm³/mol. The molecule has 1 aromatic rings. The minimum atomic E-state index is -0.789. The van der Waals surface area contributed by atoms with E-state index in [-0.39, 0.29) is 0 Å². The van der Waals surface area contributed by atoms with Gasteiger partial charge in [-0.05, 0) is 26.8 Å². The van der Waals surface area contributed by atoms with Gasteiger partial charge in [-0.15, -0.1) is 0 Å². The van der Waals surface area contributed by atoms with Crippen LogP contribution in [0, 0.1) is 0 Å². The quantitative estimate of drug-likeness (QED) is 0.810. The molecule has 0 radical (unpaired) electrons. The Morgan fingerprint density at radius 2 is 2.12 bits per heavy atom. The third kappa shape index (κ3) is 3.47. The average Bonchev–Trinajstić information content (AvgIpc) is 2.15. The van der Waals surface area contributed by atoms with Gasteiger partial charge in [-0.1, -0.05) is 6.07 Å². The van der Waals surface area contributed by atoms with Gasteiger partial charge >= 0.3 is 0 Å². The van der Waals surface area contributed by atoms with Crippen molar-refractivity contribution in [3.05, 3.63) is 23.9 Å². The number of anilines is 1. The van der Waals surface area contributed by atoms with Crippen LogP contribution in [0.5, 0.6) is 0 Å². The Labute approximate surface area is 96.6 Å². The smallest absolute Gasteiger partial charge is 0.134 e. The largest absolute Gasteiger partial charge is 0.389 e. The topological polar surface area (TPSA) is 56.6 Å². The lowest BCUT2D eigenvalue weighted by Gasteiger charge is -2.28. The van der Waals surface area contributed by atoms with E-state index in [1.54, 1.807) is 33.0 Å². The van der Waals surface area contributed by atoms with Crippen molar-refractivity contribution in [2.75, 3.05) is 18.5 Å². The molecule has 0 spiro atoms. The molecule has 90 valence electrons. The van der Waals surface area contributed by atoms with Crippen LogP contribution in [0.3, 0.4) is 0 Å². The van der Waals surface area contributed by atoms with Crippen LogP contribution in [-0.2, 0) is 0 Å². The molecule has 1 heterocycles. The van der Waals surface area contributed by atoms with E-state index in [1.807, 2.05) is 18.0 Å². The third-order valence-electron chi connectivity index (χ3n) is 2.25. The van der Waals surface area contributed by atoms with Crippen molar-refractivity contribution in [1.29, 1.82) is 0 Å². The first-order valence-corrected chi connectivity index (χ1v) is 5.38. The highest BCUT2D eigenvalue weighted by Crippen LogP contribution is 2.23. The van der Waals surface area contributed by atoms with Crippen molar-refractivity contribution in [3.8, 4) is 0 Å². The molecule has 0 aliphatic rings. The molecule has 0 aromatic carbocycles. The van der Waals surface area contributed by atoms with Crippen molar-refractivity contribution in [2.24, 2.45) is 0 Å². The number of hydrogen-bond acceptors (Lipinski definition) is 4. The summed E-state index contributed by atoms with van der Waals surface area (Å²) in [4.78, 5) is 6.09. The molecule has 0 aliphatic carbocycles. The molecule has 16 heavy (non-hydrogen) atoms. The molecule has 0 saturated heterocycles. The fourth-order valence-electron chi connectivity index (χ4n) is 1.71. The first kappa shape index (κ1) is 12.9. The summed E-state index contributed by atoms with van der Waals surface area (Å²) in [6.45, 7) is 5.66. The second kappa shape index (κ2) is 4.80. The lowest BCUT2D eigenvalue weighted by molar-refractivity contribution is 0.0882. The fraction of sp³-hybridized carbons (Fsp3) is 0.583. The van der Waals surface area contributed by atoms with E-state index >= 15 is 0 Å². The SMILES string of the molecule is CC(O)c1cccnc1N(C)CC(C)(C)O. The number of pyridine rings is 1. The summed E-state index contributed by atoms with van der Waals surface area (Å²) in [6.07, 6.45) is 1.12. The number of aliphatic hydroxyl groups excluding tert-OH is 1. The zero-order valence-corrected chi connectivity index (χ0v) is 10.3. The van der Waals surface area contributed by atoms with Crippen LogP contribution in [0.15, 0.2) is 18.3 Å². The first-order valence-electron chi connectivity index (χ1n) is 5.38.